The fraction of sp³-hybridized carbons (Fsp3) is 0.733. The molecule has 0 radical (unpaired) electrons. The third kappa shape index (κ3) is 7.05. The molecule has 0 amide bonds. The summed E-state index contributed by atoms with van der Waals surface area (Å²) in [6.07, 6.45) is 4.00. The molecule has 0 aromatic carbocycles. The van der Waals surface area contributed by atoms with Gasteiger partial charge in [0.2, 0.25) is 0 Å². The van der Waals surface area contributed by atoms with E-state index in [1.165, 1.54) is 5.69 Å². The number of rotatable bonds is 12. The largest absolute Gasteiger partial charge is 0.382 e. The molecule has 1 aromatic rings. The second-order valence-electron chi connectivity index (χ2n) is 4.78. The van der Waals surface area contributed by atoms with Crippen molar-refractivity contribution in [3.8, 4) is 0 Å². The monoisotopic (exact) mass is 284 g/mol. The highest BCUT2D eigenvalue weighted by molar-refractivity contribution is 5.08. The summed E-state index contributed by atoms with van der Waals surface area (Å²) < 4.78 is 18.0. The summed E-state index contributed by atoms with van der Waals surface area (Å²) in [6, 6.07) is 4.42. The van der Waals surface area contributed by atoms with Crippen LogP contribution in [0.3, 0.4) is 0 Å². The number of ether oxygens (including phenoxy) is 3. The summed E-state index contributed by atoms with van der Waals surface area (Å²) >= 11 is 0. The minimum absolute atomic E-state index is 0.235. The van der Waals surface area contributed by atoms with Crippen molar-refractivity contribution in [3.05, 3.63) is 24.0 Å². The summed E-state index contributed by atoms with van der Waals surface area (Å²) in [6.45, 7) is 6.15. The molecule has 0 saturated carbocycles. The number of aromatic nitrogens is 1. The van der Waals surface area contributed by atoms with Crippen molar-refractivity contribution in [1.29, 1.82) is 0 Å². The van der Waals surface area contributed by atoms with Gasteiger partial charge in [0.25, 0.3) is 0 Å². The van der Waals surface area contributed by atoms with E-state index in [9.17, 15) is 0 Å². The summed E-state index contributed by atoms with van der Waals surface area (Å²) in [5, 5.41) is 0. The first-order valence-corrected chi connectivity index (χ1v) is 7.32. The van der Waals surface area contributed by atoms with Crippen LogP contribution in [0.25, 0.3) is 0 Å². The molecule has 1 rings (SSSR count). The predicted molar refractivity (Wildman–Crippen MR) is 79.9 cm³/mol. The highest BCUT2D eigenvalue weighted by Crippen LogP contribution is 2.06. The van der Waals surface area contributed by atoms with Gasteiger partial charge in [0, 0.05) is 38.0 Å². The third-order valence-corrected chi connectivity index (χ3v) is 3.20. The molecule has 0 saturated heterocycles. The SMILES string of the molecule is CCC(N)Cc1cccn1CCOCCOCCOC. The molecule has 5 nitrogen and oxygen atoms in total. The van der Waals surface area contributed by atoms with Gasteiger partial charge in [-0.1, -0.05) is 6.92 Å². The smallest absolute Gasteiger partial charge is 0.0701 e. The Hall–Kier alpha value is -0.880. The zero-order chi connectivity index (χ0) is 14.6. The Kier molecular flexibility index (Phi) is 9.32. The van der Waals surface area contributed by atoms with Gasteiger partial charge in [-0.3, -0.25) is 0 Å². The molecule has 0 fully saturated rings. The molecule has 0 bridgehead atoms. The fourth-order valence-electron chi connectivity index (χ4n) is 1.89. The van der Waals surface area contributed by atoms with Gasteiger partial charge in [0.1, 0.15) is 0 Å². The minimum Gasteiger partial charge on any atom is -0.382 e. The molecule has 116 valence electrons. The highest BCUT2D eigenvalue weighted by Gasteiger charge is 2.05. The second-order valence-corrected chi connectivity index (χ2v) is 4.78. The lowest BCUT2D eigenvalue weighted by atomic mass is 10.1. The quantitative estimate of drug-likeness (QED) is 0.590. The van der Waals surface area contributed by atoms with Crippen molar-refractivity contribution >= 4 is 0 Å². The van der Waals surface area contributed by atoms with Gasteiger partial charge in [0.15, 0.2) is 0 Å². The summed E-state index contributed by atoms with van der Waals surface area (Å²) in [4.78, 5) is 0. The van der Waals surface area contributed by atoms with E-state index in [2.05, 4.69) is 29.8 Å². The Morgan fingerprint density at radius 2 is 1.85 bits per heavy atom. The van der Waals surface area contributed by atoms with Gasteiger partial charge in [-0.25, -0.2) is 0 Å². The van der Waals surface area contributed by atoms with Crippen molar-refractivity contribution in [2.45, 2.75) is 32.4 Å². The third-order valence-electron chi connectivity index (χ3n) is 3.20. The Morgan fingerprint density at radius 3 is 2.55 bits per heavy atom. The van der Waals surface area contributed by atoms with Crippen LogP contribution in [0.5, 0.6) is 0 Å². The molecule has 1 aromatic heterocycles. The molecule has 0 aliphatic carbocycles. The summed E-state index contributed by atoms with van der Waals surface area (Å²) in [7, 11) is 1.67. The van der Waals surface area contributed by atoms with Crippen LogP contribution in [0.2, 0.25) is 0 Å². The van der Waals surface area contributed by atoms with Crippen molar-refractivity contribution in [2.75, 3.05) is 40.1 Å². The van der Waals surface area contributed by atoms with Crippen LogP contribution in [0.15, 0.2) is 18.3 Å². The number of nitrogens with two attached hydrogens (primary N) is 1. The molecule has 0 aliphatic rings. The molecular weight excluding hydrogens is 256 g/mol. The van der Waals surface area contributed by atoms with Crippen LogP contribution in [-0.2, 0) is 27.2 Å². The average molecular weight is 284 g/mol. The number of hydrogen-bond acceptors (Lipinski definition) is 4. The maximum Gasteiger partial charge on any atom is 0.0701 e. The van der Waals surface area contributed by atoms with Gasteiger partial charge in [-0.2, -0.15) is 0 Å². The lowest BCUT2D eigenvalue weighted by Crippen LogP contribution is -2.23. The minimum atomic E-state index is 0.235. The molecule has 1 atom stereocenters. The second kappa shape index (κ2) is 10.9. The fourth-order valence-corrected chi connectivity index (χ4v) is 1.89. The summed E-state index contributed by atoms with van der Waals surface area (Å²) in [5.74, 6) is 0. The van der Waals surface area contributed by atoms with Crippen LogP contribution in [0, 0.1) is 0 Å². The predicted octanol–water partition coefficient (Wildman–Crippen LogP) is 1.45. The molecule has 2 N–H and O–H groups in total. The Labute approximate surface area is 122 Å². The Balaban J connectivity index is 2.11. The van der Waals surface area contributed by atoms with Crippen LogP contribution < -0.4 is 5.73 Å². The normalized spacial score (nSPS) is 12.8. The van der Waals surface area contributed by atoms with Crippen molar-refractivity contribution in [3.63, 3.8) is 0 Å². The zero-order valence-electron chi connectivity index (χ0n) is 12.7. The van der Waals surface area contributed by atoms with E-state index in [1.807, 2.05) is 0 Å². The standard InChI is InChI=1S/C15H28N2O3/c1-3-14(16)13-15-5-4-6-17(15)7-8-19-11-12-20-10-9-18-2/h4-6,14H,3,7-13,16H2,1-2H3. The molecule has 1 unspecified atom stereocenters. The first-order chi connectivity index (χ1) is 9.77. The zero-order valence-corrected chi connectivity index (χ0v) is 12.7. The van der Waals surface area contributed by atoms with Gasteiger partial charge in [0.05, 0.1) is 33.0 Å². The first-order valence-electron chi connectivity index (χ1n) is 7.32. The average Bonchev–Trinajstić information content (AvgIpc) is 2.89. The molecule has 20 heavy (non-hydrogen) atoms. The molecule has 5 heteroatoms. The number of hydrogen-bond donors (Lipinski definition) is 1. The van der Waals surface area contributed by atoms with Gasteiger partial charge >= 0.3 is 0 Å². The maximum atomic E-state index is 6.00. The molecule has 0 aliphatic heterocycles. The van der Waals surface area contributed by atoms with Gasteiger partial charge in [-0.15, -0.1) is 0 Å². The van der Waals surface area contributed by atoms with E-state index in [4.69, 9.17) is 19.9 Å². The van der Waals surface area contributed by atoms with E-state index in [-0.39, 0.29) is 6.04 Å². The first kappa shape index (κ1) is 17.2. The Bertz CT molecular complexity index is 342. The Morgan fingerprint density at radius 1 is 1.15 bits per heavy atom. The van der Waals surface area contributed by atoms with Crippen molar-refractivity contribution < 1.29 is 14.2 Å². The van der Waals surface area contributed by atoms with Crippen LogP contribution in [-0.4, -0.2) is 50.8 Å². The van der Waals surface area contributed by atoms with Crippen LogP contribution >= 0.6 is 0 Å². The van der Waals surface area contributed by atoms with Gasteiger partial charge in [-0.05, 0) is 18.6 Å². The highest BCUT2D eigenvalue weighted by atomic mass is 16.5. The lowest BCUT2D eigenvalue weighted by molar-refractivity contribution is 0.0229. The van der Waals surface area contributed by atoms with Crippen LogP contribution in [0.4, 0.5) is 0 Å². The molecular formula is C15H28N2O3. The number of methoxy groups -OCH3 is 1. The van der Waals surface area contributed by atoms with Crippen molar-refractivity contribution in [1.82, 2.24) is 4.57 Å². The molecule has 0 spiro atoms. The topological polar surface area (TPSA) is 58.6 Å². The maximum absolute atomic E-state index is 6.00. The van der Waals surface area contributed by atoms with Gasteiger partial charge < -0.3 is 24.5 Å². The number of nitrogens with zero attached hydrogens (tertiary/aromatic N) is 1. The molecule has 1 heterocycles. The van der Waals surface area contributed by atoms with Crippen molar-refractivity contribution in [2.24, 2.45) is 5.73 Å². The van der Waals surface area contributed by atoms with E-state index in [0.717, 1.165) is 19.4 Å². The van der Waals surface area contributed by atoms with E-state index < -0.39 is 0 Å². The van der Waals surface area contributed by atoms with E-state index in [0.29, 0.717) is 33.0 Å². The van der Waals surface area contributed by atoms with E-state index in [1.54, 1.807) is 7.11 Å². The lowest BCUT2D eigenvalue weighted by Gasteiger charge is -2.13. The van der Waals surface area contributed by atoms with Crippen LogP contribution in [0.1, 0.15) is 19.0 Å². The van der Waals surface area contributed by atoms with E-state index >= 15 is 0 Å². The summed E-state index contributed by atoms with van der Waals surface area (Å²) in [5.41, 5.74) is 7.27.